The summed E-state index contributed by atoms with van der Waals surface area (Å²) in [6.07, 6.45) is 3.23. The lowest BCUT2D eigenvalue weighted by atomic mass is 9.65. The van der Waals surface area contributed by atoms with E-state index in [1.165, 1.54) is 4.91 Å². The molecule has 0 aliphatic heterocycles. The first kappa shape index (κ1) is 14.1. The molecule has 1 atom stereocenters. The lowest BCUT2D eigenvalue weighted by molar-refractivity contribution is 0.105. The number of allylic oxidation sites excluding steroid dienone is 1. The normalized spacial score (nSPS) is 15.4. The van der Waals surface area contributed by atoms with Gasteiger partial charge in [-0.25, -0.2) is 0 Å². The summed E-state index contributed by atoms with van der Waals surface area (Å²) < 4.78 is 0. The van der Waals surface area contributed by atoms with Gasteiger partial charge in [-0.1, -0.05) is 48.1 Å². The second kappa shape index (κ2) is 4.74. The van der Waals surface area contributed by atoms with E-state index in [9.17, 15) is 0 Å². The zero-order chi connectivity index (χ0) is 11.6. The van der Waals surface area contributed by atoms with Crippen LogP contribution in [0.4, 0.5) is 0 Å². The molecular formula is C13H26S. The van der Waals surface area contributed by atoms with Crippen molar-refractivity contribution in [3.8, 4) is 0 Å². The molecule has 0 N–H and O–H groups in total. The Morgan fingerprint density at radius 1 is 1.21 bits per heavy atom. The quantitative estimate of drug-likeness (QED) is 0.637. The summed E-state index contributed by atoms with van der Waals surface area (Å²) in [7, 11) is 0. The third kappa shape index (κ3) is 4.08. The van der Waals surface area contributed by atoms with Crippen LogP contribution in [0.5, 0.6) is 0 Å². The summed E-state index contributed by atoms with van der Waals surface area (Å²) in [5.41, 5.74) is 0.723. The molecule has 0 aliphatic carbocycles. The van der Waals surface area contributed by atoms with Gasteiger partial charge in [-0.2, -0.15) is 0 Å². The number of hydrogen-bond acceptors (Lipinski definition) is 1. The zero-order valence-electron chi connectivity index (χ0n) is 10.9. The molecule has 0 fully saturated rings. The minimum atomic E-state index is 0.346. The number of rotatable bonds is 4. The molecular weight excluding hydrogens is 188 g/mol. The van der Waals surface area contributed by atoms with E-state index in [4.69, 9.17) is 0 Å². The Bertz CT molecular complexity index is 196. The van der Waals surface area contributed by atoms with Crippen LogP contribution in [0.2, 0.25) is 0 Å². The molecule has 0 aliphatic rings. The van der Waals surface area contributed by atoms with Gasteiger partial charge in [0.05, 0.1) is 0 Å². The van der Waals surface area contributed by atoms with E-state index in [1.807, 2.05) is 0 Å². The minimum Gasteiger partial charge on any atom is -0.135 e. The molecule has 0 bridgehead atoms. The molecule has 0 aromatic rings. The highest BCUT2D eigenvalue weighted by Crippen LogP contribution is 2.44. The van der Waals surface area contributed by atoms with Gasteiger partial charge in [0.2, 0.25) is 0 Å². The van der Waals surface area contributed by atoms with Gasteiger partial charge in [0, 0.05) is 0 Å². The first-order valence-corrected chi connectivity index (χ1v) is 6.55. The molecule has 0 radical (unpaired) electrons. The fourth-order valence-corrected chi connectivity index (χ4v) is 2.42. The van der Waals surface area contributed by atoms with Crippen molar-refractivity contribution in [2.75, 3.05) is 6.26 Å². The zero-order valence-corrected chi connectivity index (χ0v) is 11.7. The van der Waals surface area contributed by atoms with E-state index >= 15 is 0 Å². The highest BCUT2D eigenvalue weighted by atomic mass is 32.2. The molecule has 0 aromatic carbocycles. The van der Waals surface area contributed by atoms with Gasteiger partial charge in [0.25, 0.3) is 0 Å². The maximum Gasteiger partial charge on any atom is -0.0140 e. The lowest BCUT2D eigenvalue weighted by Gasteiger charge is -2.41. The van der Waals surface area contributed by atoms with E-state index in [2.05, 4.69) is 54.4 Å². The monoisotopic (exact) mass is 214 g/mol. The number of thioether (sulfide) groups is 1. The molecule has 14 heavy (non-hydrogen) atoms. The van der Waals surface area contributed by atoms with Crippen LogP contribution in [-0.2, 0) is 0 Å². The predicted octanol–water partition coefficient (Wildman–Crippen LogP) is 4.96. The molecule has 0 saturated carbocycles. The SMILES string of the molecule is C=C(CC(C)(C)C(C)C(C)(C)C)SC. The van der Waals surface area contributed by atoms with Crippen molar-refractivity contribution >= 4 is 11.8 Å². The summed E-state index contributed by atoms with van der Waals surface area (Å²) in [6.45, 7) is 18.1. The maximum absolute atomic E-state index is 4.09. The second-order valence-corrected chi connectivity index (χ2v) is 6.98. The van der Waals surface area contributed by atoms with E-state index in [0.717, 1.165) is 6.42 Å². The van der Waals surface area contributed by atoms with Gasteiger partial charge in [0.15, 0.2) is 0 Å². The second-order valence-electron chi connectivity index (χ2n) is 6.00. The van der Waals surface area contributed by atoms with Gasteiger partial charge >= 0.3 is 0 Å². The minimum absolute atomic E-state index is 0.346. The molecule has 1 unspecified atom stereocenters. The van der Waals surface area contributed by atoms with E-state index in [-0.39, 0.29) is 0 Å². The molecule has 0 aromatic heterocycles. The first-order chi connectivity index (χ1) is 6.11. The van der Waals surface area contributed by atoms with Crippen molar-refractivity contribution in [1.29, 1.82) is 0 Å². The van der Waals surface area contributed by atoms with Gasteiger partial charge in [-0.05, 0) is 34.3 Å². The largest absolute Gasteiger partial charge is 0.135 e. The van der Waals surface area contributed by atoms with Crippen molar-refractivity contribution in [3.63, 3.8) is 0 Å². The fourth-order valence-electron chi connectivity index (χ4n) is 1.91. The Hall–Kier alpha value is 0.0900. The van der Waals surface area contributed by atoms with E-state index < -0.39 is 0 Å². The van der Waals surface area contributed by atoms with Crippen LogP contribution in [0.1, 0.15) is 48.0 Å². The lowest BCUT2D eigenvalue weighted by Crippen LogP contribution is -2.32. The van der Waals surface area contributed by atoms with Crippen LogP contribution >= 0.6 is 11.8 Å². The van der Waals surface area contributed by atoms with Crippen LogP contribution in [-0.4, -0.2) is 6.26 Å². The first-order valence-electron chi connectivity index (χ1n) is 5.33. The Balaban J connectivity index is 4.53. The molecule has 0 rings (SSSR count). The summed E-state index contributed by atoms with van der Waals surface area (Å²) >= 11 is 1.79. The average molecular weight is 214 g/mol. The molecule has 0 amide bonds. The number of hydrogen-bond donors (Lipinski definition) is 0. The highest BCUT2D eigenvalue weighted by Gasteiger charge is 2.34. The summed E-state index contributed by atoms with van der Waals surface area (Å²) in [5.74, 6) is 0.693. The Morgan fingerprint density at radius 2 is 1.64 bits per heavy atom. The Morgan fingerprint density at radius 3 is 1.93 bits per heavy atom. The Labute approximate surface area is 94.6 Å². The van der Waals surface area contributed by atoms with Crippen LogP contribution in [0.15, 0.2) is 11.5 Å². The van der Waals surface area contributed by atoms with Crippen molar-refractivity contribution in [1.82, 2.24) is 0 Å². The predicted molar refractivity (Wildman–Crippen MR) is 69.7 cm³/mol. The molecule has 0 spiro atoms. The molecule has 0 nitrogen and oxygen atoms in total. The third-order valence-corrected chi connectivity index (χ3v) is 4.13. The molecule has 0 heterocycles. The van der Waals surface area contributed by atoms with E-state index in [1.54, 1.807) is 11.8 Å². The standard InChI is InChI=1S/C13H26S/c1-10(14-8)9-13(6,7)11(2)12(3,4)5/h11H,1,9H2,2-8H3. The van der Waals surface area contributed by atoms with Crippen LogP contribution in [0.3, 0.4) is 0 Å². The van der Waals surface area contributed by atoms with Gasteiger partial charge in [-0.3, -0.25) is 0 Å². The maximum atomic E-state index is 4.09. The topological polar surface area (TPSA) is 0 Å². The van der Waals surface area contributed by atoms with Crippen molar-refractivity contribution in [2.24, 2.45) is 16.7 Å². The molecule has 0 saturated heterocycles. The van der Waals surface area contributed by atoms with Crippen LogP contribution in [0.25, 0.3) is 0 Å². The molecule has 1 heteroatoms. The van der Waals surface area contributed by atoms with Crippen molar-refractivity contribution < 1.29 is 0 Å². The van der Waals surface area contributed by atoms with Gasteiger partial charge in [0.1, 0.15) is 0 Å². The average Bonchev–Trinajstić information content (AvgIpc) is 2.00. The highest BCUT2D eigenvalue weighted by molar-refractivity contribution is 8.02. The summed E-state index contributed by atoms with van der Waals surface area (Å²) in [5, 5.41) is 0. The smallest absolute Gasteiger partial charge is 0.0140 e. The summed E-state index contributed by atoms with van der Waals surface area (Å²) in [6, 6.07) is 0. The molecule has 84 valence electrons. The van der Waals surface area contributed by atoms with Crippen molar-refractivity contribution in [3.05, 3.63) is 11.5 Å². The van der Waals surface area contributed by atoms with Crippen molar-refractivity contribution in [2.45, 2.75) is 48.0 Å². The van der Waals surface area contributed by atoms with Gasteiger partial charge in [-0.15, -0.1) is 11.8 Å². The summed E-state index contributed by atoms with van der Waals surface area (Å²) in [4.78, 5) is 1.30. The van der Waals surface area contributed by atoms with E-state index in [0.29, 0.717) is 16.7 Å². The van der Waals surface area contributed by atoms with Crippen LogP contribution in [0, 0.1) is 16.7 Å². The van der Waals surface area contributed by atoms with Gasteiger partial charge < -0.3 is 0 Å². The Kier molecular flexibility index (Phi) is 4.77. The van der Waals surface area contributed by atoms with Crippen LogP contribution < -0.4 is 0 Å². The fraction of sp³-hybridized carbons (Fsp3) is 0.846. The third-order valence-electron chi connectivity index (χ3n) is 3.41.